The minimum atomic E-state index is -5.13. The van der Waals surface area contributed by atoms with Crippen molar-refractivity contribution in [3.05, 3.63) is 40.6 Å². The van der Waals surface area contributed by atoms with Crippen LogP contribution >= 0.6 is 11.6 Å². The van der Waals surface area contributed by atoms with Gasteiger partial charge in [0.15, 0.2) is 26.5 Å². The molecule has 11 heteroatoms. The molecule has 0 saturated heterocycles. The zero-order chi connectivity index (χ0) is 16.9. The van der Waals surface area contributed by atoms with Gasteiger partial charge in [-0.2, -0.15) is 18.3 Å². The fourth-order valence-electron chi connectivity index (χ4n) is 1.63. The molecule has 0 bridgehead atoms. The van der Waals surface area contributed by atoms with Crippen LogP contribution in [-0.4, -0.2) is 24.5 Å². The number of rotatable bonds is 2. The van der Waals surface area contributed by atoms with Crippen molar-refractivity contribution in [3.63, 3.8) is 0 Å². The molecule has 1 aromatic heterocycles. The Morgan fingerprint density at radius 1 is 1.23 bits per heavy atom. The van der Waals surface area contributed by atoms with Crippen LogP contribution in [0.5, 0.6) is 0 Å². The summed E-state index contributed by atoms with van der Waals surface area (Å²) in [5, 5.41) is 2.22. The first-order chi connectivity index (χ1) is 9.93. The molecule has 1 aromatic carbocycles. The molecule has 0 spiro atoms. The Morgan fingerprint density at radius 3 is 2.27 bits per heavy atom. The smallest absolute Gasteiger partial charge is 0.235 e. The molecule has 0 N–H and O–H groups in total. The minimum absolute atomic E-state index is 0.205. The van der Waals surface area contributed by atoms with Gasteiger partial charge in [0.1, 0.15) is 5.69 Å². The molecule has 0 radical (unpaired) electrons. The average molecular weight is 361 g/mol. The number of benzene rings is 1. The summed E-state index contributed by atoms with van der Waals surface area (Å²) >= 11 is 5.55. The predicted molar refractivity (Wildman–Crippen MR) is 66.6 cm³/mol. The second-order valence-electron chi connectivity index (χ2n) is 4.25. The Morgan fingerprint density at radius 2 is 1.82 bits per heavy atom. The molecule has 2 rings (SSSR count). The highest BCUT2D eigenvalue weighted by Crippen LogP contribution is 2.37. The number of hydrogen-bond acceptors (Lipinski definition) is 3. The molecule has 0 amide bonds. The van der Waals surface area contributed by atoms with Crippen LogP contribution in [-0.2, 0) is 16.0 Å². The maximum absolute atomic E-state index is 13.9. The molecule has 120 valence electrons. The van der Waals surface area contributed by atoms with E-state index >= 15 is 0 Å². The van der Waals surface area contributed by atoms with Crippen molar-refractivity contribution in [3.8, 4) is 5.69 Å². The van der Waals surface area contributed by atoms with E-state index < -0.39 is 48.9 Å². The Kier molecular flexibility index (Phi) is 3.94. The quantitative estimate of drug-likeness (QED) is 0.610. The standard InChI is InChI=1S/C11H6ClF5N2O2S/c1-22(20,21)7-2-3-19(18-7)10-6(12)4-5(11(15,16)17)8(13)9(10)14/h2-4H,1H3. The predicted octanol–water partition coefficient (Wildman–Crippen LogP) is 3.23. The van der Waals surface area contributed by atoms with Gasteiger partial charge in [-0.25, -0.2) is 21.9 Å². The van der Waals surface area contributed by atoms with Crippen molar-refractivity contribution in [1.82, 2.24) is 9.78 Å². The number of halogens is 6. The number of aromatic nitrogens is 2. The Bertz CT molecular complexity index is 845. The topological polar surface area (TPSA) is 52.0 Å². The summed E-state index contributed by atoms with van der Waals surface area (Å²) in [7, 11) is -3.73. The van der Waals surface area contributed by atoms with Crippen LogP contribution in [0.15, 0.2) is 23.4 Å². The summed E-state index contributed by atoms with van der Waals surface area (Å²) in [5.74, 6) is -4.04. The van der Waals surface area contributed by atoms with E-state index in [1.807, 2.05) is 0 Å². The van der Waals surface area contributed by atoms with Crippen LogP contribution < -0.4 is 0 Å². The van der Waals surface area contributed by atoms with Gasteiger partial charge in [0, 0.05) is 12.5 Å². The second-order valence-corrected chi connectivity index (χ2v) is 6.62. The summed E-state index contributed by atoms with van der Waals surface area (Å²) in [6.45, 7) is 0. The van der Waals surface area contributed by atoms with Crippen molar-refractivity contribution in [2.45, 2.75) is 11.2 Å². The van der Waals surface area contributed by atoms with Crippen molar-refractivity contribution in [2.24, 2.45) is 0 Å². The van der Waals surface area contributed by atoms with E-state index in [1.54, 1.807) is 0 Å². The summed E-state index contributed by atoms with van der Waals surface area (Å²) in [4.78, 5) is 0. The van der Waals surface area contributed by atoms with E-state index in [-0.39, 0.29) is 6.07 Å². The number of nitrogens with zero attached hydrogens (tertiary/aromatic N) is 2. The summed E-state index contributed by atoms with van der Waals surface area (Å²) in [6, 6.07) is 1.18. The monoisotopic (exact) mass is 360 g/mol. The summed E-state index contributed by atoms with van der Waals surface area (Å²) in [5.41, 5.74) is -2.68. The van der Waals surface area contributed by atoms with E-state index in [9.17, 15) is 30.4 Å². The zero-order valence-corrected chi connectivity index (χ0v) is 12.2. The van der Waals surface area contributed by atoms with Gasteiger partial charge in [0.25, 0.3) is 0 Å². The number of hydrogen-bond donors (Lipinski definition) is 0. The highest BCUT2D eigenvalue weighted by Gasteiger charge is 2.37. The Labute approximate surface area is 126 Å². The van der Waals surface area contributed by atoms with Gasteiger partial charge >= 0.3 is 6.18 Å². The van der Waals surface area contributed by atoms with Crippen molar-refractivity contribution >= 4 is 21.4 Å². The minimum Gasteiger partial charge on any atom is -0.235 e. The molecule has 0 fully saturated rings. The van der Waals surface area contributed by atoms with E-state index in [2.05, 4.69) is 5.10 Å². The molecule has 0 aliphatic carbocycles. The lowest BCUT2D eigenvalue weighted by molar-refractivity contribution is -0.140. The lowest BCUT2D eigenvalue weighted by Gasteiger charge is -2.13. The van der Waals surface area contributed by atoms with Gasteiger partial charge in [-0.15, -0.1) is 0 Å². The van der Waals surface area contributed by atoms with E-state index in [0.717, 1.165) is 18.5 Å². The van der Waals surface area contributed by atoms with E-state index in [4.69, 9.17) is 11.6 Å². The highest BCUT2D eigenvalue weighted by atomic mass is 35.5. The molecule has 0 saturated carbocycles. The van der Waals surface area contributed by atoms with Crippen LogP contribution in [0.2, 0.25) is 5.02 Å². The average Bonchev–Trinajstić information content (AvgIpc) is 2.81. The van der Waals surface area contributed by atoms with Gasteiger partial charge in [0.05, 0.1) is 10.6 Å². The molecule has 4 nitrogen and oxygen atoms in total. The maximum atomic E-state index is 13.9. The van der Waals surface area contributed by atoms with Crippen molar-refractivity contribution in [1.29, 1.82) is 0 Å². The first kappa shape index (κ1) is 16.7. The van der Waals surface area contributed by atoms with Gasteiger partial charge in [-0.3, -0.25) is 0 Å². The Hall–Kier alpha value is -1.68. The first-order valence-electron chi connectivity index (χ1n) is 5.43. The summed E-state index contributed by atoms with van der Waals surface area (Å²) < 4.78 is 88.1. The molecule has 22 heavy (non-hydrogen) atoms. The van der Waals surface area contributed by atoms with E-state index in [0.29, 0.717) is 4.68 Å². The van der Waals surface area contributed by atoms with E-state index in [1.165, 1.54) is 0 Å². The summed E-state index contributed by atoms with van der Waals surface area (Å²) in [6.07, 6.45) is -3.37. The van der Waals surface area contributed by atoms with Crippen LogP contribution in [0.3, 0.4) is 0 Å². The third-order valence-electron chi connectivity index (χ3n) is 2.61. The molecular formula is C11H6ClF5N2O2S. The first-order valence-corrected chi connectivity index (χ1v) is 7.70. The Balaban J connectivity index is 2.68. The normalized spacial score (nSPS) is 12.7. The number of alkyl halides is 3. The molecule has 2 aromatic rings. The van der Waals surface area contributed by atoms with Crippen LogP contribution in [0.25, 0.3) is 5.69 Å². The van der Waals surface area contributed by atoms with Gasteiger partial charge < -0.3 is 0 Å². The van der Waals surface area contributed by atoms with Gasteiger partial charge in [-0.05, 0) is 12.1 Å². The lowest BCUT2D eigenvalue weighted by atomic mass is 10.1. The van der Waals surface area contributed by atoms with Gasteiger partial charge in [-0.1, -0.05) is 11.6 Å². The van der Waals surface area contributed by atoms with Crippen molar-refractivity contribution < 1.29 is 30.4 Å². The zero-order valence-electron chi connectivity index (χ0n) is 10.6. The fraction of sp³-hybridized carbons (Fsp3) is 0.182. The van der Waals surface area contributed by atoms with Crippen LogP contribution in [0, 0.1) is 11.6 Å². The third kappa shape index (κ3) is 2.93. The molecule has 1 heterocycles. The van der Waals surface area contributed by atoms with Crippen LogP contribution in [0.4, 0.5) is 22.0 Å². The lowest BCUT2D eigenvalue weighted by Crippen LogP contribution is -2.13. The van der Waals surface area contributed by atoms with Gasteiger partial charge in [0.2, 0.25) is 0 Å². The molecule has 0 aliphatic heterocycles. The number of sulfone groups is 1. The SMILES string of the molecule is CS(=O)(=O)c1ccn(-c2c(Cl)cc(C(F)(F)F)c(F)c2F)n1. The second kappa shape index (κ2) is 5.20. The molecule has 0 aliphatic rings. The largest absolute Gasteiger partial charge is 0.419 e. The maximum Gasteiger partial charge on any atom is 0.419 e. The molecule has 0 unspecified atom stereocenters. The van der Waals surface area contributed by atoms with Crippen molar-refractivity contribution in [2.75, 3.05) is 6.26 Å². The molecule has 0 atom stereocenters. The third-order valence-corrected chi connectivity index (χ3v) is 3.88. The highest BCUT2D eigenvalue weighted by molar-refractivity contribution is 7.90. The fourth-order valence-corrected chi connectivity index (χ4v) is 2.45. The molecular weight excluding hydrogens is 355 g/mol. The van der Waals surface area contributed by atoms with Crippen LogP contribution in [0.1, 0.15) is 5.56 Å².